The average Bonchev–Trinajstić information content (AvgIpc) is 3.30. The molecule has 3 amide bonds. The SMILES string of the molecule is C[C@@]1(c2cc3ccccc3o2)NC(=O)N(CC(=O)c2ccc[nH]2)C1=O. The number of ketones is 1. The van der Waals surface area contributed by atoms with Crippen LogP contribution >= 0.6 is 0 Å². The third-order valence-electron chi connectivity index (χ3n) is 4.39. The minimum Gasteiger partial charge on any atom is -0.458 e. The topological polar surface area (TPSA) is 95.4 Å². The summed E-state index contributed by atoms with van der Waals surface area (Å²) in [5.74, 6) is -0.527. The summed E-state index contributed by atoms with van der Waals surface area (Å²) in [5.41, 5.74) is -0.369. The van der Waals surface area contributed by atoms with Crippen molar-refractivity contribution in [2.45, 2.75) is 12.5 Å². The number of carbonyl (C=O) groups excluding carboxylic acids is 3. The van der Waals surface area contributed by atoms with Crippen LogP contribution < -0.4 is 5.32 Å². The van der Waals surface area contributed by atoms with E-state index >= 15 is 0 Å². The first-order valence-electron chi connectivity index (χ1n) is 7.79. The Hall–Kier alpha value is -3.35. The fourth-order valence-corrected chi connectivity index (χ4v) is 2.97. The number of urea groups is 1. The number of nitrogens with one attached hydrogen (secondary N) is 2. The summed E-state index contributed by atoms with van der Waals surface area (Å²) in [6.07, 6.45) is 1.61. The molecule has 0 unspecified atom stereocenters. The van der Waals surface area contributed by atoms with E-state index in [9.17, 15) is 14.4 Å². The van der Waals surface area contributed by atoms with Crippen LogP contribution in [0.15, 0.2) is 53.1 Å². The van der Waals surface area contributed by atoms with E-state index in [-0.39, 0.29) is 12.3 Å². The molecule has 2 aromatic heterocycles. The number of nitrogens with zero attached hydrogens (tertiary/aromatic N) is 1. The summed E-state index contributed by atoms with van der Waals surface area (Å²) in [6, 6.07) is 11.7. The van der Waals surface area contributed by atoms with E-state index in [1.54, 1.807) is 37.4 Å². The molecule has 7 heteroatoms. The molecule has 1 fully saturated rings. The zero-order chi connectivity index (χ0) is 17.6. The number of Topliss-reactive ketones (excluding diaryl/α,β-unsaturated/α-hetero) is 1. The zero-order valence-electron chi connectivity index (χ0n) is 13.4. The first kappa shape index (κ1) is 15.2. The van der Waals surface area contributed by atoms with Gasteiger partial charge in [0.05, 0.1) is 12.2 Å². The van der Waals surface area contributed by atoms with Crippen LogP contribution in [0.25, 0.3) is 11.0 Å². The zero-order valence-corrected chi connectivity index (χ0v) is 13.4. The van der Waals surface area contributed by atoms with Crippen LogP contribution in [0.1, 0.15) is 23.2 Å². The molecule has 2 N–H and O–H groups in total. The molecule has 0 bridgehead atoms. The molecule has 1 atom stereocenters. The van der Waals surface area contributed by atoms with Gasteiger partial charge in [0, 0.05) is 11.6 Å². The highest BCUT2D eigenvalue weighted by Gasteiger charge is 2.51. The number of H-pyrrole nitrogens is 1. The third-order valence-corrected chi connectivity index (χ3v) is 4.39. The minimum atomic E-state index is -1.34. The number of aromatic amines is 1. The molecule has 1 aliphatic heterocycles. The molecule has 0 saturated carbocycles. The van der Waals surface area contributed by atoms with Gasteiger partial charge in [0.25, 0.3) is 5.91 Å². The van der Waals surface area contributed by atoms with Crippen molar-refractivity contribution in [3.63, 3.8) is 0 Å². The van der Waals surface area contributed by atoms with Crippen LogP contribution in [-0.2, 0) is 10.3 Å². The average molecular weight is 337 g/mol. The molecule has 3 heterocycles. The number of fused-ring (bicyclic) bond motifs is 1. The van der Waals surface area contributed by atoms with E-state index in [2.05, 4.69) is 10.3 Å². The quantitative estimate of drug-likeness (QED) is 0.564. The van der Waals surface area contributed by atoms with Crippen molar-refractivity contribution in [3.8, 4) is 0 Å². The van der Waals surface area contributed by atoms with Crippen LogP contribution in [0.3, 0.4) is 0 Å². The van der Waals surface area contributed by atoms with E-state index in [0.29, 0.717) is 17.0 Å². The number of benzene rings is 1. The van der Waals surface area contributed by atoms with E-state index in [4.69, 9.17) is 4.42 Å². The Bertz CT molecular complexity index is 956. The number of para-hydroxylation sites is 1. The molecule has 0 radical (unpaired) electrons. The molecule has 25 heavy (non-hydrogen) atoms. The van der Waals surface area contributed by atoms with Gasteiger partial charge in [-0.25, -0.2) is 4.79 Å². The molecule has 1 aromatic carbocycles. The van der Waals surface area contributed by atoms with Gasteiger partial charge in [0.2, 0.25) is 0 Å². The van der Waals surface area contributed by atoms with Crippen LogP contribution in [0, 0.1) is 0 Å². The number of rotatable bonds is 4. The number of amides is 3. The number of imide groups is 1. The second kappa shape index (κ2) is 5.34. The van der Waals surface area contributed by atoms with Crippen LogP contribution in [0.2, 0.25) is 0 Å². The Labute approximate surface area is 142 Å². The minimum absolute atomic E-state index is 0.332. The number of carbonyl (C=O) groups is 3. The van der Waals surface area contributed by atoms with E-state index in [1.165, 1.54) is 0 Å². The fraction of sp³-hybridized carbons (Fsp3) is 0.167. The lowest BCUT2D eigenvalue weighted by Crippen LogP contribution is -2.41. The standard InChI is InChI=1S/C18H15N3O4/c1-18(15-9-11-5-2-3-7-14(11)25-15)16(23)21(17(24)20-18)10-13(22)12-6-4-8-19-12/h2-9,19H,10H2,1H3,(H,20,24)/t18-/m0/s1. The lowest BCUT2D eigenvalue weighted by Gasteiger charge is -2.18. The third kappa shape index (κ3) is 2.32. The van der Waals surface area contributed by atoms with Crippen LogP contribution in [0.5, 0.6) is 0 Å². The van der Waals surface area contributed by atoms with E-state index in [1.807, 2.05) is 18.2 Å². The number of hydrogen-bond acceptors (Lipinski definition) is 4. The van der Waals surface area contributed by atoms with Crippen molar-refractivity contribution in [1.82, 2.24) is 15.2 Å². The molecule has 4 rings (SSSR count). The molecule has 3 aromatic rings. The molecule has 7 nitrogen and oxygen atoms in total. The summed E-state index contributed by atoms with van der Waals surface area (Å²) < 4.78 is 5.75. The predicted molar refractivity (Wildman–Crippen MR) is 88.9 cm³/mol. The molecule has 1 saturated heterocycles. The van der Waals surface area contributed by atoms with Crippen LogP contribution in [0.4, 0.5) is 4.79 Å². The number of furan rings is 1. The molecule has 126 valence electrons. The second-order valence-corrected chi connectivity index (χ2v) is 6.10. The van der Waals surface area contributed by atoms with Gasteiger partial charge < -0.3 is 14.7 Å². The highest BCUT2D eigenvalue weighted by atomic mass is 16.3. The smallest absolute Gasteiger partial charge is 0.325 e. The summed E-state index contributed by atoms with van der Waals surface area (Å²) in [4.78, 5) is 41.0. The molecular weight excluding hydrogens is 322 g/mol. The first-order chi connectivity index (χ1) is 12.0. The number of hydrogen-bond donors (Lipinski definition) is 2. The first-order valence-corrected chi connectivity index (χ1v) is 7.79. The maximum absolute atomic E-state index is 12.8. The van der Waals surface area contributed by atoms with Crippen LogP contribution in [-0.4, -0.2) is 34.2 Å². The lowest BCUT2D eigenvalue weighted by molar-refractivity contribution is -0.131. The molecule has 0 aliphatic carbocycles. The van der Waals surface area contributed by atoms with Gasteiger partial charge in [0.15, 0.2) is 11.3 Å². The van der Waals surface area contributed by atoms with Gasteiger partial charge in [-0.3, -0.25) is 14.5 Å². The van der Waals surface area contributed by atoms with E-state index in [0.717, 1.165) is 10.3 Å². The monoisotopic (exact) mass is 337 g/mol. The van der Waals surface area contributed by atoms with Crippen molar-refractivity contribution in [3.05, 3.63) is 60.1 Å². The Morgan fingerprint density at radius 3 is 2.72 bits per heavy atom. The predicted octanol–water partition coefficient (Wildman–Crippen LogP) is 2.41. The maximum Gasteiger partial charge on any atom is 0.325 e. The normalized spacial score (nSPS) is 20.3. The molecule has 1 aliphatic rings. The maximum atomic E-state index is 12.8. The second-order valence-electron chi connectivity index (χ2n) is 6.10. The van der Waals surface area contributed by atoms with Crippen molar-refractivity contribution in [2.24, 2.45) is 0 Å². The van der Waals surface area contributed by atoms with Crippen molar-refractivity contribution in [2.75, 3.05) is 6.54 Å². The Morgan fingerprint density at radius 1 is 1.20 bits per heavy atom. The summed E-state index contributed by atoms with van der Waals surface area (Å²) in [6.45, 7) is 1.24. The highest BCUT2D eigenvalue weighted by Crippen LogP contribution is 2.33. The Morgan fingerprint density at radius 2 is 2.00 bits per heavy atom. The summed E-state index contributed by atoms with van der Waals surface area (Å²) in [7, 11) is 0. The van der Waals surface area contributed by atoms with Crippen molar-refractivity contribution < 1.29 is 18.8 Å². The Kier molecular flexibility index (Phi) is 3.24. The van der Waals surface area contributed by atoms with Gasteiger partial charge in [-0.05, 0) is 31.2 Å². The van der Waals surface area contributed by atoms with Crippen molar-refractivity contribution >= 4 is 28.7 Å². The highest BCUT2D eigenvalue weighted by molar-refractivity contribution is 6.11. The van der Waals surface area contributed by atoms with Gasteiger partial charge in [-0.1, -0.05) is 18.2 Å². The number of aromatic nitrogens is 1. The molecule has 0 spiro atoms. The lowest BCUT2D eigenvalue weighted by atomic mass is 9.98. The molecular formula is C18H15N3O4. The largest absolute Gasteiger partial charge is 0.458 e. The van der Waals surface area contributed by atoms with Gasteiger partial charge in [-0.15, -0.1) is 0 Å². The Balaban J connectivity index is 1.64. The summed E-state index contributed by atoms with van der Waals surface area (Å²) in [5, 5.41) is 3.47. The van der Waals surface area contributed by atoms with Gasteiger partial charge in [0.1, 0.15) is 11.3 Å². The van der Waals surface area contributed by atoms with Gasteiger partial charge >= 0.3 is 6.03 Å². The van der Waals surface area contributed by atoms with Gasteiger partial charge in [-0.2, -0.15) is 0 Å². The fourth-order valence-electron chi connectivity index (χ4n) is 2.97. The van der Waals surface area contributed by atoms with E-state index < -0.39 is 17.5 Å². The summed E-state index contributed by atoms with van der Waals surface area (Å²) >= 11 is 0. The van der Waals surface area contributed by atoms with Crippen molar-refractivity contribution in [1.29, 1.82) is 0 Å².